The molecule has 1 fully saturated rings. The summed E-state index contributed by atoms with van der Waals surface area (Å²) in [5.74, 6) is 1.24. The Hall–Kier alpha value is -1.63. The molecule has 1 aliphatic heterocycles. The minimum atomic E-state index is 0.549. The predicted octanol–water partition coefficient (Wildman–Crippen LogP) is 2.14. The molecule has 0 unspecified atom stereocenters. The topological polar surface area (TPSA) is 67.1 Å². The molecule has 2 aromatic heterocycles. The van der Waals surface area contributed by atoms with E-state index in [1.54, 1.807) is 0 Å². The van der Waals surface area contributed by atoms with E-state index in [0.717, 1.165) is 29.3 Å². The van der Waals surface area contributed by atoms with Crippen molar-refractivity contribution in [1.82, 2.24) is 14.5 Å². The van der Waals surface area contributed by atoms with E-state index in [1.807, 2.05) is 14.0 Å². The van der Waals surface area contributed by atoms with Gasteiger partial charge in [0.2, 0.25) is 0 Å². The second-order valence-corrected chi connectivity index (χ2v) is 5.09. The van der Waals surface area contributed by atoms with Crippen LogP contribution in [0.4, 0.5) is 10.9 Å². The van der Waals surface area contributed by atoms with Crippen molar-refractivity contribution in [3.05, 3.63) is 5.69 Å². The Bertz CT molecular complexity index is 543. The molecule has 1 N–H and O–H groups in total. The van der Waals surface area contributed by atoms with E-state index in [-0.39, 0.29) is 0 Å². The van der Waals surface area contributed by atoms with Crippen LogP contribution in [-0.2, 0) is 0 Å². The molecule has 0 saturated carbocycles. The zero-order chi connectivity index (χ0) is 12.5. The fourth-order valence-corrected chi connectivity index (χ4v) is 2.89. The summed E-state index contributed by atoms with van der Waals surface area (Å²) in [6.45, 7) is 3.98. The number of hydrogen-bond acceptors (Lipinski definition) is 7. The molecule has 0 aromatic carbocycles. The van der Waals surface area contributed by atoms with E-state index in [2.05, 4.69) is 24.7 Å². The van der Waals surface area contributed by atoms with Crippen molar-refractivity contribution in [3.8, 4) is 11.5 Å². The second kappa shape index (κ2) is 4.56. The zero-order valence-electron chi connectivity index (χ0n) is 10.4. The summed E-state index contributed by atoms with van der Waals surface area (Å²) < 4.78 is 9.68. The highest BCUT2D eigenvalue weighted by atomic mass is 32.1. The van der Waals surface area contributed by atoms with E-state index in [1.165, 1.54) is 24.4 Å². The summed E-state index contributed by atoms with van der Waals surface area (Å²) in [6, 6.07) is 0. The zero-order valence-corrected chi connectivity index (χ0v) is 11.3. The molecule has 3 heterocycles. The highest BCUT2D eigenvalue weighted by Gasteiger charge is 2.22. The van der Waals surface area contributed by atoms with Crippen molar-refractivity contribution in [2.75, 3.05) is 30.4 Å². The molecule has 1 saturated heterocycles. The van der Waals surface area contributed by atoms with E-state index in [4.69, 9.17) is 4.52 Å². The van der Waals surface area contributed by atoms with Crippen molar-refractivity contribution in [2.45, 2.75) is 19.8 Å². The van der Waals surface area contributed by atoms with Crippen molar-refractivity contribution < 1.29 is 4.52 Å². The fraction of sp³-hybridized carbons (Fsp3) is 0.545. The maximum absolute atomic E-state index is 5.37. The van der Waals surface area contributed by atoms with Gasteiger partial charge < -0.3 is 14.7 Å². The number of nitrogens with zero attached hydrogens (tertiary/aromatic N) is 4. The molecular weight excluding hydrogens is 250 g/mol. The Balaban J connectivity index is 1.94. The van der Waals surface area contributed by atoms with Gasteiger partial charge in [-0.05, 0) is 36.5 Å². The van der Waals surface area contributed by atoms with Crippen LogP contribution in [0.5, 0.6) is 0 Å². The van der Waals surface area contributed by atoms with Gasteiger partial charge in [-0.2, -0.15) is 9.36 Å². The Labute approximate surface area is 109 Å². The van der Waals surface area contributed by atoms with Gasteiger partial charge in [-0.1, -0.05) is 0 Å². The summed E-state index contributed by atoms with van der Waals surface area (Å²) in [5.41, 5.74) is 1.83. The third-order valence-corrected chi connectivity index (χ3v) is 4.06. The molecule has 96 valence electrons. The minimum Gasteiger partial charge on any atom is -0.378 e. The second-order valence-electron chi connectivity index (χ2n) is 4.32. The Morgan fingerprint density at radius 2 is 2.11 bits per heavy atom. The molecular formula is C11H15N5OS. The minimum absolute atomic E-state index is 0.549. The standard InChI is InChI=1S/C11H15N5OS/c1-7-8(10(12-2)18-15-7)9-13-11(14-17-9)16-5-3-4-6-16/h12H,3-6H2,1-2H3. The van der Waals surface area contributed by atoms with Crippen LogP contribution >= 0.6 is 11.5 Å². The Kier molecular flexibility index (Phi) is 2.91. The maximum Gasteiger partial charge on any atom is 0.266 e. The van der Waals surface area contributed by atoms with Gasteiger partial charge in [0.25, 0.3) is 11.8 Å². The number of anilines is 2. The molecule has 0 bridgehead atoms. The normalized spacial score (nSPS) is 15.3. The van der Waals surface area contributed by atoms with Crippen molar-refractivity contribution >= 4 is 22.5 Å². The van der Waals surface area contributed by atoms with Gasteiger partial charge in [0.15, 0.2) is 0 Å². The molecule has 1 aliphatic rings. The SMILES string of the molecule is CNc1snc(C)c1-c1nc(N2CCCC2)no1. The van der Waals surface area contributed by atoms with E-state index < -0.39 is 0 Å². The maximum atomic E-state index is 5.37. The van der Waals surface area contributed by atoms with E-state index in [9.17, 15) is 0 Å². The van der Waals surface area contributed by atoms with Crippen LogP contribution in [0, 0.1) is 6.92 Å². The summed E-state index contributed by atoms with van der Waals surface area (Å²) >= 11 is 1.41. The first-order chi connectivity index (χ1) is 8.79. The van der Waals surface area contributed by atoms with Crippen LogP contribution in [0.1, 0.15) is 18.5 Å². The predicted molar refractivity (Wildman–Crippen MR) is 71.1 cm³/mol. The molecule has 3 rings (SSSR count). The third-order valence-electron chi connectivity index (χ3n) is 3.11. The van der Waals surface area contributed by atoms with Crippen LogP contribution in [0.25, 0.3) is 11.5 Å². The molecule has 0 radical (unpaired) electrons. The van der Waals surface area contributed by atoms with Gasteiger partial charge in [0.1, 0.15) is 5.00 Å². The lowest BCUT2D eigenvalue weighted by Gasteiger charge is -2.09. The summed E-state index contributed by atoms with van der Waals surface area (Å²) in [4.78, 5) is 6.63. The summed E-state index contributed by atoms with van der Waals surface area (Å²) in [6.07, 6.45) is 2.40. The molecule has 0 atom stereocenters. The van der Waals surface area contributed by atoms with Gasteiger partial charge >= 0.3 is 0 Å². The van der Waals surface area contributed by atoms with Crippen molar-refractivity contribution in [3.63, 3.8) is 0 Å². The van der Waals surface area contributed by atoms with Gasteiger partial charge in [-0.15, -0.1) is 0 Å². The van der Waals surface area contributed by atoms with Gasteiger partial charge in [0.05, 0.1) is 11.3 Å². The number of aromatic nitrogens is 3. The average molecular weight is 265 g/mol. The first-order valence-electron chi connectivity index (χ1n) is 6.02. The lowest BCUT2D eigenvalue weighted by molar-refractivity contribution is 0.430. The molecule has 0 aliphatic carbocycles. The van der Waals surface area contributed by atoms with Crippen LogP contribution in [0.15, 0.2) is 4.52 Å². The van der Waals surface area contributed by atoms with E-state index in [0.29, 0.717) is 11.8 Å². The molecule has 18 heavy (non-hydrogen) atoms. The fourth-order valence-electron chi connectivity index (χ4n) is 2.16. The number of nitrogens with one attached hydrogen (secondary N) is 1. The summed E-state index contributed by atoms with van der Waals surface area (Å²) in [7, 11) is 1.87. The molecule has 2 aromatic rings. The number of aryl methyl sites for hydroxylation is 1. The van der Waals surface area contributed by atoms with E-state index >= 15 is 0 Å². The Morgan fingerprint density at radius 1 is 1.33 bits per heavy atom. The number of rotatable bonds is 3. The van der Waals surface area contributed by atoms with Crippen molar-refractivity contribution in [2.24, 2.45) is 0 Å². The smallest absolute Gasteiger partial charge is 0.266 e. The van der Waals surface area contributed by atoms with Crippen LogP contribution in [0.2, 0.25) is 0 Å². The quantitative estimate of drug-likeness (QED) is 0.917. The number of hydrogen-bond donors (Lipinski definition) is 1. The third kappa shape index (κ3) is 1.84. The van der Waals surface area contributed by atoms with Crippen LogP contribution < -0.4 is 10.2 Å². The Morgan fingerprint density at radius 3 is 2.83 bits per heavy atom. The van der Waals surface area contributed by atoms with Gasteiger partial charge in [0, 0.05) is 20.1 Å². The first kappa shape index (κ1) is 11.5. The van der Waals surface area contributed by atoms with Crippen molar-refractivity contribution in [1.29, 1.82) is 0 Å². The highest BCUT2D eigenvalue weighted by Crippen LogP contribution is 2.34. The largest absolute Gasteiger partial charge is 0.378 e. The van der Waals surface area contributed by atoms with Gasteiger partial charge in [-0.3, -0.25) is 0 Å². The first-order valence-corrected chi connectivity index (χ1v) is 6.80. The average Bonchev–Trinajstić information content (AvgIpc) is 3.07. The molecule has 7 heteroatoms. The monoisotopic (exact) mass is 265 g/mol. The van der Waals surface area contributed by atoms with Crippen LogP contribution in [-0.4, -0.2) is 34.7 Å². The molecule has 6 nitrogen and oxygen atoms in total. The lowest BCUT2D eigenvalue weighted by Crippen LogP contribution is -2.18. The van der Waals surface area contributed by atoms with Gasteiger partial charge in [-0.25, -0.2) is 0 Å². The highest BCUT2D eigenvalue weighted by molar-refractivity contribution is 7.10. The van der Waals surface area contributed by atoms with Crippen LogP contribution in [0.3, 0.4) is 0 Å². The summed E-state index contributed by atoms with van der Waals surface area (Å²) in [5, 5.41) is 8.13. The molecule has 0 amide bonds. The molecule has 0 spiro atoms. The lowest BCUT2D eigenvalue weighted by atomic mass is 10.2.